The maximum Gasteiger partial charge on any atom is 0.131 e. The van der Waals surface area contributed by atoms with E-state index in [1.165, 1.54) is 0 Å². The average Bonchev–Trinajstić information content (AvgIpc) is 2.12. The summed E-state index contributed by atoms with van der Waals surface area (Å²) in [5.41, 5.74) is 0. The molecule has 1 aromatic rings. The van der Waals surface area contributed by atoms with Crippen LogP contribution in [0.5, 0.6) is 0 Å². The van der Waals surface area contributed by atoms with Crippen molar-refractivity contribution in [3.05, 3.63) is 11.9 Å². The van der Waals surface area contributed by atoms with Gasteiger partial charge in [-0.1, -0.05) is 0 Å². The Hall–Kier alpha value is -0.970. The molecule has 0 saturated heterocycles. The molecule has 1 rings (SSSR count). The van der Waals surface area contributed by atoms with Crippen LogP contribution >= 0.6 is 12.6 Å². The second-order valence-corrected chi connectivity index (χ2v) is 4.08. The quantitative estimate of drug-likeness (QED) is 0.672. The van der Waals surface area contributed by atoms with E-state index in [-0.39, 0.29) is 0 Å². The van der Waals surface area contributed by atoms with Crippen molar-refractivity contribution in [2.75, 3.05) is 22.9 Å². The Balaban J connectivity index is 2.75. The van der Waals surface area contributed by atoms with E-state index in [0.29, 0.717) is 6.04 Å². The van der Waals surface area contributed by atoms with Crippen LogP contribution in [0.1, 0.15) is 19.7 Å². The highest BCUT2D eigenvalue weighted by Gasteiger charge is 2.02. The number of aromatic nitrogens is 2. The van der Waals surface area contributed by atoms with Gasteiger partial charge in [0.1, 0.15) is 17.5 Å². The van der Waals surface area contributed by atoms with Gasteiger partial charge in [0.2, 0.25) is 0 Å². The zero-order chi connectivity index (χ0) is 11.3. The van der Waals surface area contributed by atoms with E-state index >= 15 is 0 Å². The Labute approximate surface area is 96.3 Å². The molecule has 0 unspecified atom stereocenters. The summed E-state index contributed by atoms with van der Waals surface area (Å²) in [6.45, 7) is 6.86. The summed E-state index contributed by atoms with van der Waals surface area (Å²) >= 11 is 4.14. The molecular weight excluding hydrogens is 208 g/mol. The molecule has 1 aromatic heterocycles. The predicted molar refractivity (Wildman–Crippen MR) is 67.9 cm³/mol. The Morgan fingerprint density at radius 3 is 2.60 bits per heavy atom. The molecule has 5 heteroatoms. The normalized spacial score (nSPS) is 10.5. The van der Waals surface area contributed by atoms with Crippen molar-refractivity contribution >= 4 is 24.3 Å². The number of nitrogens with zero attached hydrogens (tertiary/aromatic N) is 2. The molecule has 0 aliphatic rings. The minimum Gasteiger partial charge on any atom is -0.369 e. The maximum atomic E-state index is 4.30. The number of hydrogen-bond acceptors (Lipinski definition) is 5. The smallest absolute Gasteiger partial charge is 0.131 e. The summed E-state index contributed by atoms with van der Waals surface area (Å²) in [6, 6.07) is 2.29. The summed E-state index contributed by atoms with van der Waals surface area (Å²) < 4.78 is 0. The lowest BCUT2D eigenvalue weighted by Gasteiger charge is -2.11. The monoisotopic (exact) mass is 226 g/mol. The van der Waals surface area contributed by atoms with E-state index < -0.39 is 0 Å². The lowest BCUT2D eigenvalue weighted by atomic mass is 10.4. The minimum absolute atomic E-state index is 0.372. The fourth-order valence-corrected chi connectivity index (χ4v) is 1.32. The molecule has 0 aromatic carbocycles. The first-order valence-corrected chi connectivity index (χ1v) is 5.72. The van der Waals surface area contributed by atoms with E-state index in [2.05, 4.69) is 47.1 Å². The first kappa shape index (κ1) is 12.1. The van der Waals surface area contributed by atoms with E-state index in [0.717, 1.165) is 29.8 Å². The summed E-state index contributed by atoms with van der Waals surface area (Å²) in [7, 11) is 0. The zero-order valence-electron chi connectivity index (χ0n) is 9.41. The minimum atomic E-state index is 0.372. The van der Waals surface area contributed by atoms with Gasteiger partial charge in [-0.25, -0.2) is 9.97 Å². The molecule has 0 amide bonds. The summed E-state index contributed by atoms with van der Waals surface area (Å²) in [5, 5.41) is 6.43. The highest BCUT2D eigenvalue weighted by atomic mass is 32.1. The van der Waals surface area contributed by atoms with Crippen molar-refractivity contribution in [1.82, 2.24) is 9.97 Å². The molecule has 15 heavy (non-hydrogen) atoms. The Bertz CT molecular complexity index is 314. The molecule has 84 valence electrons. The first-order chi connectivity index (χ1) is 7.11. The SMILES string of the molecule is Cc1nc(NCCS)cc(NC(C)C)n1. The number of aryl methyl sites for hydroxylation is 1. The molecule has 0 aliphatic carbocycles. The van der Waals surface area contributed by atoms with Crippen LogP contribution in [0.15, 0.2) is 6.07 Å². The van der Waals surface area contributed by atoms with Gasteiger partial charge in [0.15, 0.2) is 0 Å². The van der Waals surface area contributed by atoms with Crippen LogP contribution < -0.4 is 10.6 Å². The largest absolute Gasteiger partial charge is 0.369 e. The van der Waals surface area contributed by atoms with Gasteiger partial charge in [-0.3, -0.25) is 0 Å². The fraction of sp³-hybridized carbons (Fsp3) is 0.600. The van der Waals surface area contributed by atoms with E-state index in [1.54, 1.807) is 0 Å². The molecule has 2 N–H and O–H groups in total. The third-order valence-corrected chi connectivity index (χ3v) is 1.92. The molecular formula is C10H18N4S. The first-order valence-electron chi connectivity index (χ1n) is 5.08. The predicted octanol–water partition coefficient (Wildman–Crippen LogP) is 1.95. The van der Waals surface area contributed by atoms with Crippen LogP contribution in [0.2, 0.25) is 0 Å². The van der Waals surface area contributed by atoms with E-state index in [1.807, 2.05) is 13.0 Å². The van der Waals surface area contributed by atoms with Crippen LogP contribution in [0.3, 0.4) is 0 Å². The van der Waals surface area contributed by atoms with Crippen molar-refractivity contribution in [2.45, 2.75) is 26.8 Å². The molecule has 0 bridgehead atoms. The second kappa shape index (κ2) is 5.80. The van der Waals surface area contributed by atoms with E-state index in [9.17, 15) is 0 Å². The van der Waals surface area contributed by atoms with Crippen molar-refractivity contribution < 1.29 is 0 Å². The number of hydrogen-bond donors (Lipinski definition) is 3. The van der Waals surface area contributed by atoms with Crippen LogP contribution in [0.25, 0.3) is 0 Å². The lowest BCUT2D eigenvalue weighted by molar-refractivity contribution is 0.880. The highest BCUT2D eigenvalue weighted by molar-refractivity contribution is 7.80. The number of anilines is 2. The van der Waals surface area contributed by atoms with Crippen molar-refractivity contribution in [2.24, 2.45) is 0 Å². The topological polar surface area (TPSA) is 49.8 Å². The molecule has 0 atom stereocenters. The summed E-state index contributed by atoms with van der Waals surface area (Å²) in [4.78, 5) is 8.58. The molecule has 0 saturated carbocycles. The van der Waals surface area contributed by atoms with Gasteiger partial charge < -0.3 is 10.6 Å². The number of thiol groups is 1. The molecule has 0 aliphatic heterocycles. The Morgan fingerprint density at radius 2 is 2.00 bits per heavy atom. The third kappa shape index (κ3) is 4.38. The Morgan fingerprint density at radius 1 is 1.33 bits per heavy atom. The maximum absolute atomic E-state index is 4.30. The van der Waals surface area contributed by atoms with E-state index in [4.69, 9.17) is 0 Å². The van der Waals surface area contributed by atoms with Crippen LogP contribution in [0, 0.1) is 6.92 Å². The van der Waals surface area contributed by atoms with Crippen molar-refractivity contribution in [3.63, 3.8) is 0 Å². The standard InChI is InChI=1S/C10H18N4S/c1-7(2)12-10-6-9(11-4-5-15)13-8(3)14-10/h6-7,15H,4-5H2,1-3H3,(H2,11,12,13,14). The second-order valence-electron chi connectivity index (χ2n) is 3.64. The van der Waals surface area contributed by atoms with Gasteiger partial charge in [-0.2, -0.15) is 12.6 Å². The van der Waals surface area contributed by atoms with Gasteiger partial charge in [0.25, 0.3) is 0 Å². The van der Waals surface area contributed by atoms with Crippen molar-refractivity contribution in [3.8, 4) is 0 Å². The lowest BCUT2D eigenvalue weighted by Crippen LogP contribution is -2.13. The molecule has 0 radical (unpaired) electrons. The summed E-state index contributed by atoms with van der Waals surface area (Å²) in [5.74, 6) is 3.26. The highest BCUT2D eigenvalue weighted by Crippen LogP contribution is 2.11. The number of nitrogens with one attached hydrogen (secondary N) is 2. The van der Waals surface area contributed by atoms with Gasteiger partial charge >= 0.3 is 0 Å². The van der Waals surface area contributed by atoms with Gasteiger partial charge in [0.05, 0.1) is 0 Å². The number of rotatable bonds is 5. The van der Waals surface area contributed by atoms with Crippen LogP contribution in [-0.2, 0) is 0 Å². The molecule has 0 fully saturated rings. The summed E-state index contributed by atoms with van der Waals surface area (Å²) in [6.07, 6.45) is 0. The zero-order valence-corrected chi connectivity index (χ0v) is 10.3. The third-order valence-electron chi connectivity index (χ3n) is 1.69. The van der Waals surface area contributed by atoms with Gasteiger partial charge in [0, 0.05) is 24.4 Å². The van der Waals surface area contributed by atoms with Gasteiger partial charge in [-0.05, 0) is 20.8 Å². The van der Waals surface area contributed by atoms with Crippen molar-refractivity contribution in [1.29, 1.82) is 0 Å². The molecule has 1 heterocycles. The van der Waals surface area contributed by atoms with Crippen LogP contribution in [-0.4, -0.2) is 28.3 Å². The molecule has 4 nitrogen and oxygen atoms in total. The fourth-order valence-electron chi connectivity index (χ4n) is 1.21. The Kier molecular flexibility index (Phi) is 4.68. The molecule has 0 spiro atoms. The average molecular weight is 226 g/mol. The van der Waals surface area contributed by atoms with Gasteiger partial charge in [-0.15, -0.1) is 0 Å². The van der Waals surface area contributed by atoms with Crippen LogP contribution in [0.4, 0.5) is 11.6 Å².